The van der Waals surface area contributed by atoms with E-state index in [2.05, 4.69) is 27.2 Å². The van der Waals surface area contributed by atoms with Crippen LogP contribution in [0.5, 0.6) is 0 Å². The van der Waals surface area contributed by atoms with E-state index in [1.807, 2.05) is 86.7 Å². The van der Waals surface area contributed by atoms with E-state index in [4.69, 9.17) is 0 Å². The van der Waals surface area contributed by atoms with Gasteiger partial charge < -0.3 is 34.8 Å². The Morgan fingerprint density at radius 1 is 0.839 bits per heavy atom. The molecule has 0 fully saturated rings. The van der Waals surface area contributed by atoms with Gasteiger partial charge in [-0.2, -0.15) is 0 Å². The van der Waals surface area contributed by atoms with Crippen LogP contribution in [0, 0.1) is 12.4 Å². The van der Waals surface area contributed by atoms with Gasteiger partial charge in [-0.1, -0.05) is 76.2 Å². The SMILES string of the molecule is CC.CC.CC(=O)c1ccccc1.COC(=S)NC(=O)c1ccccc1.[CH2-]I.[CH3-].[V].[V]. The van der Waals surface area contributed by atoms with Gasteiger partial charge in [0.15, 0.2) is 5.78 Å². The molecule has 2 rings (SSSR count). The average Bonchev–Trinajstić information content (AvgIpc) is 2.79. The molecule has 0 aromatic heterocycles. The van der Waals surface area contributed by atoms with Gasteiger partial charge in [-0.3, -0.25) is 19.8 Å². The minimum atomic E-state index is -0.257. The predicted molar refractivity (Wildman–Crippen MR) is 138 cm³/mol. The van der Waals surface area contributed by atoms with Crippen LogP contribution in [-0.2, 0) is 41.8 Å². The van der Waals surface area contributed by atoms with Gasteiger partial charge in [0.25, 0.3) is 11.1 Å². The predicted octanol–water partition coefficient (Wildman–Crippen LogP) is 6.95. The molecule has 0 aliphatic heterocycles. The molecular formula is C23H34INO3SV2-2. The number of carbonyl (C=O) groups excluding carboxylic acids is 2. The molecule has 31 heavy (non-hydrogen) atoms. The maximum absolute atomic E-state index is 11.3. The summed E-state index contributed by atoms with van der Waals surface area (Å²) in [6.45, 7) is 9.56. The Kier molecular flexibility index (Phi) is 48.4. The van der Waals surface area contributed by atoms with Crippen LogP contribution in [0.4, 0.5) is 0 Å². The minimum Gasteiger partial charge on any atom is -0.474 e. The average molecular weight is 633 g/mol. The van der Waals surface area contributed by atoms with E-state index in [0.29, 0.717) is 5.56 Å². The number of methoxy groups -OCH3 is 1. The number of hydrogen-bond donors (Lipinski definition) is 1. The summed E-state index contributed by atoms with van der Waals surface area (Å²) in [4.78, 5) is 25.2. The molecule has 4 nitrogen and oxygen atoms in total. The Labute approximate surface area is 232 Å². The minimum absolute atomic E-state index is 0. The fourth-order valence-corrected chi connectivity index (χ4v) is 1.57. The van der Waals surface area contributed by atoms with E-state index in [0.717, 1.165) is 5.56 Å². The summed E-state index contributed by atoms with van der Waals surface area (Å²) in [5, 5.41) is 2.49. The molecule has 2 radical (unpaired) electrons. The van der Waals surface area contributed by atoms with E-state index >= 15 is 0 Å². The smallest absolute Gasteiger partial charge is 0.263 e. The molecule has 1 amide bonds. The largest absolute Gasteiger partial charge is 0.474 e. The van der Waals surface area contributed by atoms with Gasteiger partial charge in [-0.25, -0.2) is 0 Å². The second kappa shape index (κ2) is 34.0. The molecule has 8 heteroatoms. The number of ether oxygens (including phenoxy) is 1. The Morgan fingerprint density at radius 2 is 1.16 bits per heavy atom. The standard InChI is InChI=1S/C9H9NO2S.C8H8O.2C2H6.CH2I.CH3.2V/c1-12-9(13)10-8(11)7-5-3-2-4-6-7;1-7(9)8-5-3-2-4-6-8;3*1-2;;;/h2-6H,1H3,(H,10,11,13);2-6H,1H3;2*1-2H3;1H2;1H3;;/q;;;;2*-1;;. The Balaban J connectivity index is -0.0000000772. The first-order valence-corrected chi connectivity index (χ1v) is 10.7. The van der Waals surface area contributed by atoms with Gasteiger partial charge in [0.05, 0.1) is 7.11 Å². The first-order valence-electron chi connectivity index (χ1n) is 8.81. The summed E-state index contributed by atoms with van der Waals surface area (Å²) in [5.74, 6) is -0.136. The van der Waals surface area contributed by atoms with Crippen LogP contribution in [-0.4, -0.2) is 24.0 Å². The molecule has 0 aliphatic carbocycles. The van der Waals surface area contributed by atoms with Crippen LogP contribution in [0.3, 0.4) is 0 Å². The number of hydrogen-bond acceptors (Lipinski definition) is 4. The maximum atomic E-state index is 11.3. The van der Waals surface area contributed by atoms with Crippen molar-refractivity contribution in [3.63, 3.8) is 0 Å². The van der Waals surface area contributed by atoms with Crippen LogP contribution in [0.1, 0.15) is 55.3 Å². The van der Waals surface area contributed by atoms with Crippen molar-refractivity contribution in [2.24, 2.45) is 0 Å². The summed E-state index contributed by atoms with van der Waals surface area (Å²) in [6.07, 6.45) is 0. The number of ketones is 1. The summed E-state index contributed by atoms with van der Waals surface area (Å²) < 4.78 is 4.64. The molecule has 0 saturated heterocycles. The van der Waals surface area contributed by atoms with Crippen LogP contribution < -0.4 is 5.32 Å². The third-order valence-electron chi connectivity index (χ3n) is 2.62. The fraction of sp³-hybridized carbons (Fsp3) is 0.261. The number of Topliss-reactive ketones (excluding diaryl/α,β-unsaturated/α-hetero) is 1. The first kappa shape index (κ1) is 44.1. The number of halogens is 1. The Morgan fingerprint density at radius 3 is 1.42 bits per heavy atom. The molecule has 0 aliphatic rings. The van der Waals surface area contributed by atoms with Crippen molar-refractivity contribution in [2.45, 2.75) is 34.6 Å². The van der Waals surface area contributed by atoms with Crippen molar-refractivity contribution in [1.29, 1.82) is 0 Å². The molecule has 174 valence electrons. The van der Waals surface area contributed by atoms with E-state index < -0.39 is 0 Å². The van der Waals surface area contributed by atoms with Crippen molar-refractivity contribution in [1.82, 2.24) is 5.32 Å². The van der Waals surface area contributed by atoms with Crippen molar-refractivity contribution in [2.75, 3.05) is 7.11 Å². The van der Waals surface area contributed by atoms with Gasteiger partial charge in [0.1, 0.15) is 0 Å². The van der Waals surface area contributed by atoms with E-state index in [1.165, 1.54) is 7.11 Å². The zero-order valence-electron chi connectivity index (χ0n) is 19.4. The van der Waals surface area contributed by atoms with Crippen LogP contribution >= 0.6 is 34.8 Å². The molecule has 0 saturated carbocycles. The first-order chi connectivity index (χ1) is 13.5. The van der Waals surface area contributed by atoms with E-state index in [9.17, 15) is 9.59 Å². The molecule has 1 N–H and O–H groups in total. The van der Waals surface area contributed by atoms with Gasteiger partial charge in [0, 0.05) is 48.2 Å². The number of thiocarbonyl (C=S) groups is 1. The Hall–Kier alpha value is -0.631. The summed E-state index contributed by atoms with van der Waals surface area (Å²) in [7, 11) is 1.41. The van der Waals surface area contributed by atoms with Gasteiger partial charge in [0.2, 0.25) is 0 Å². The number of rotatable bonds is 2. The van der Waals surface area contributed by atoms with Gasteiger partial charge in [-0.05, 0) is 31.3 Å². The molecule has 0 unspecified atom stereocenters. The van der Waals surface area contributed by atoms with E-state index in [1.54, 1.807) is 31.2 Å². The van der Waals surface area contributed by atoms with Gasteiger partial charge >= 0.3 is 0 Å². The molecular weight excluding hydrogens is 599 g/mol. The molecule has 2 aromatic carbocycles. The quantitative estimate of drug-likeness (QED) is 0.169. The molecule has 0 bridgehead atoms. The normalized spacial score (nSPS) is 6.97. The number of benzene rings is 2. The van der Waals surface area contributed by atoms with Crippen LogP contribution in [0.25, 0.3) is 0 Å². The van der Waals surface area contributed by atoms with Crippen molar-refractivity contribution in [3.8, 4) is 0 Å². The third kappa shape index (κ3) is 25.5. The van der Waals surface area contributed by atoms with E-state index in [-0.39, 0.29) is 61.4 Å². The zero-order valence-corrected chi connectivity index (χ0v) is 25.2. The zero-order chi connectivity index (χ0) is 22.4. The topological polar surface area (TPSA) is 55.4 Å². The Bertz CT molecular complexity index is 646. The molecule has 2 aromatic rings. The third-order valence-corrected chi connectivity index (χ3v) is 2.89. The van der Waals surface area contributed by atoms with Gasteiger partial charge in [-0.15, -0.1) is 0 Å². The van der Waals surface area contributed by atoms with Crippen LogP contribution in [0.15, 0.2) is 60.7 Å². The second-order valence-electron chi connectivity index (χ2n) is 4.23. The van der Waals surface area contributed by atoms with Crippen molar-refractivity contribution in [3.05, 3.63) is 84.1 Å². The van der Waals surface area contributed by atoms with Crippen LogP contribution in [0.2, 0.25) is 0 Å². The molecule has 0 atom stereocenters. The monoisotopic (exact) mass is 633 g/mol. The van der Waals surface area contributed by atoms with Crippen molar-refractivity contribution >= 4 is 51.7 Å². The summed E-state index contributed by atoms with van der Waals surface area (Å²) in [6, 6.07) is 18.0. The number of nitrogens with one attached hydrogen (secondary N) is 1. The summed E-state index contributed by atoms with van der Waals surface area (Å²) >= 11 is 6.58. The number of carbonyl (C=O) groups is 2. The second-order valence-corrected chi connectivity index (χ2v) is 4.60. The summed E-state index contributed by atoms with van der Waals surface area (Å²) in [5.41, 5.74) is 1.33. The maximum Gasteiger partial charge on any atom is 0.263 e. The number of amides is 1. The molecule has 0 spiro atoms. The fourth-order valence-electron chi connectivity index (χ4n) is 1.48. The molecule has 0 heterocycles. The van der Waals surface area contributed by atoms with Crippen molar-refractivity contribution < 1.29 is 51.4 Å².